The van der Waals surface area contributed by atoms with Crippen LogP contribution in [0.25, 0.3) is 44.2 Å². The average Bonchev–Trinajstić information content (AvgIpc) is 3.32. The predicted molar refractivity (Wildman–Crippen MR) is 144 cm³/mol. The van der Waals surface area contributed by atoms with Gasteiger partial charge >= 0.3 is 0 Å². The maximum Gasteiger partial charge on any atom is 0.282 e. The summed E-state index contributed by atoms with van der Waals surface area (Å²) in [6.07, 6.45) is 1.65. The summed E-state index contributed by atoms with van der Waals surface area (Å²) in [5.74, 6) is 1.39. The summed E-state index contributed by atoms with van der Waals surface area (Å²) in [4.78, 5) is 18.4. The SMILES string of the molecule is CCOc1ccc2ccccc2c1C=Nn1c(-c2cc3cc(Cl)ccc3o2)nc2ccccc2c1=O. The molecule has 6 aromatic rings. The van der Waals surface area contributed by atoms with E-state index >= 15 is 0 Å². The first-order valence-corrected chi connectivity index (χ1v) is 11.9. The van der Waals surface area contributed by atoms with Gasteiger partial charge in [-0.25, -0.2) is 4.98 Å². The molecule has 0 atom stereocenters. The third kappa shape index (κ3) is 3.82. The van der Waals surface area contributed by atoms with E-state index in [0.29, 0.717) is 45.4 Å². The molecule has 0 fully saturated rings. The molecule has 36 heavy (non-hydrogen) atoms. The molecule has 0 aliphatic rings. The second kappa shape index (κ2) is 8.98. The van der Waals surface area contributed by atoms with E-state index in [9.17, 15) is 4.79 Å². The number of hydrogen-bond acceptors (Lipinski definition) is 5. The minimum atomic E-state index is -0.302. The highest BCUT2D eigenvalue weighted by atomic mass is 35.5. The Morgan fingerprint density at radius 1 is 0.972 bits per heavy atom. The zero-order valence-electron chi connectivity index (χ0n) is 19.3. The Hall–Kier alpha value is -4.42. The van der Waals surface area contributed by atoms with Gasteiger partial charge in [-0.2, -0.15) is 9.78 Å². The molecule has 6 rings (SSSR count). The Morgan fingerprint density at radius 2 is 1.78 bits per heavy atom. The van der Waals surface area contributed by atoms with Gasteiger partial charge in [0.15, 0.2) is 5.76 Å². The van der Waals surface area contributed by atoms with Gasteiger partial charge in [-0.1, -0.05) is 54.1 Å². The second-order valence-corrected chi connectivity index (χ2v) is 8.67. The van der Waals surface area contributed by atoms with E-state index < -0.39 is 0 Å². The van der Waals surface area contributed by atoms with Crippen LogP contribution in [0.4, 0.5) is 0 Å². The van der Waals surface area contributed by atoms with Crippen LogP contribution in [0.5, 0.6) is 5.75 Å². The fourth-order valence-electron chi connectivity index (χ4n) is 4.32. The molecule has 0 unspecified atom stereocenters. The topological polar surface area (TPSA) is 69.6 Å². The summed E-state index contributed by atoms with van der Waals surface area (Å²) in [7, 11) is 0. The lowest BCUT2D eigenvalue weighted by Gasteiger charge is -2.11. The van der Waals surface area contributed by atoms with Crippen LogP contribution in [0.3, 0.4) is 0 Å². The van der Waals surface area contributed by atoms with E-state index in [0.717, 1.165) is 21.7 Å². The lowest BCUT2D eigenvalue weighted by Crippen LogP contribution is -2.20. The number of aromatic nitrogens is 2. The van der Waals surface area contributed by atoms with Crippen molar-refractivity contribution in [3.63, 3.8) is 0 Å². The number of ether oxygens (including phenoxy) is 1. The summed E-state index contributed by atoms with van der Waals surface area (Å²) in [5, 5.41) is 8.50. The molecular formula is C29H20ClN3O3. The summed E-state index contributed by atoms with van der Waals surface area (Å²) < 4.78 is 13.2. The Morgan fingerprint density at radius 3 is 2.64 bits per heavy atom. The Labute approximate surface area is 211 Å². The van der Waals surface area contributed by atoms with Crippen molar-refractivity contribution >= 4 is 50.5 Å². The average molecular weight is 494 g/mol. The number of halogens is 1. The number of hydrogen-bond donors (Lipinski definition) is 0. The lowest BCUT2D eigenvalue weighted by atomic mass is 10.0. The predicted octanol–water partition coefficient (Wildman–Crippen LogP) is 6.90. The van der Waals surface area contributed by atoms with Gasteiger partial charge in [-0.3, -0.25) is 4.79 Å². The van der Waals surface area contributed by atoms with Gasteiger partial charge in [0.25, 0.3) is 5.56 Å². The van der Waals surface area contributed by atoms with Gasteiger partial charge in [-0.15, -0.1) is 0 Å². The minimum absolute atomic E-state index is 0.292. The van der Waals surface area contributed by atoms with Gasteiger partial charge in [0.2, 0.25) is 5.82 Å². The standard InChI is InChI=1S/C29H20ClN3O3/c1-2-35-26-13-11-18-7-3-4-8-21(18)23(26)17-31-33-28(32-24-10-6-5-9-22(24)29(33)34)27-16-19-15-20(30)12-14-25(19)36-27/h3-17H,2H2,1H3. The highest BCUT2D eigenvalue weighted by Crippen LogP contribution is 2.30. The fraction of sp³-hybridized carbons (Fsp3) is 0.0690. The second-order valence-electron chi connectivity index (χ2n) is 8.24. The van der Waals surface area contributed by atoms with Crippen LogP contribution in [0.1, 0.15) is 12.5 Å². The lowest BCUT2D eigenvalue weighted by molar-refractivity contribution is 0.340. The molecule has 0 bridgehead atoms. The summed E-state index contributed by atoms with van der Waals surface area (Å²) in [6.45, 7) is 2.43. The van der Waals surface area contributed by atoms with Crippen molar-refractivity contribution in [1.29, 1.82) is 0 Å². The molecule has 0 aliphatic heterocycles. The highest BCUT2D eigenvalue weighted by Gasteiger charge is 2.17. The van der Waals surface area contributed by atoms with Crippen LogP contribution in [0, 0.1) is 0 Å². The maximum absolute atomic E-state index is 13.6. The molecule has 4 aromatic carbocycles. The molecule has 0 saturated heterocycles. The van der Waals surface area contributed by atoms with Crippen LogP contribution in [-0.2, 0) is 0 Å². The largest absolute Gasteiger partial charge is 0.493 e. The van der Waals surface area contributed by atoms with Gasteiger partial charge in [0.05, 0.1) is 23.7 Å². The van der Waals surface area contributed by atoms with E-state index in [-0.39, 0.29) is 5.56 Å². The van der Waals surface area contributed by atoms with Gasteiger partial charge in [-0.05, 0) is 60.2 Å². The van der Waals surface area contributed by atoms with Crippen LogP contribution < -0.4 is 10.3 Å². The molecule has 176 valence electrons. The Kier molecular flexibility index (Phi) is 5.51. The van der Waals surface area contributed by atoms with E-state index in [4.69, 9.17) is 25.7 Å². The normalized spacial score (nSPS) is 11.7. The summed E-state index contributed by atoms with van der Waals surface area (Å²) >= 11 is 6.17. The number of nitrogens with zero attached hydrogens (tertiary/aromatic N) is 3. The monoisotopic (exact) mass is 493 g/mol. The van der Waals surface area contributed by atoms with Crippen LogP contribution in [0.2, 0.25) is 5.02 Å². The molecule has 7 heteroatoms. The molecule has 2 aromatic heterocycles. The molecule has 0 spiro atoms. The number of benzene rings is 4. The molecule has 0 saturated carbocycles. The number of rotatable bonds is 5. The first-order valence-electron chi connectivity index (χ1n) is 11.5. The van der Waals surface area contributed by atoms with Crippen molar-refractivity contribution in [1.82, 2.24) is 9.66 Å². The van der Waals surface area contributed by atoms with E-state index in [2.05, 4.69) is 5.10 Å². The molecule has 2 heterocycles. The van der Waals surface area contributed by atoms with Gasteiger partial charge in [0.1, 0.15) is 11.3 Å². The van der Waals surface area contributed by atoms with Crippen molar-refractivity contribution < 1.29 is 9.15 Å². The quantitative estimate of drug-likeness (QED) is 0.245. The van der Waals surface area contributed by atoms with Crippen LogP contribution in [-0.4, -0.2) is 22.5 Å². The molecule has 0 N–H and O–H groups in total. The van der Waals surface area contributed by atoms with Gasteiger partial charge in [0, 0.05) is 16.0 Å². The van der Waals surface area contributed by atoms with Gasteiger partial charge < -0.3 is 9.15 Å². The number of furan rings is 1. The van der Waals surface area contributed by atoms with E-state index in [1.807, 2.05) is 55.5 Å². The third-order valence-corrected chi connectivity index (χ3v) is 6.22. The maximum atomic E-state index is 13.6. The number of para-hydroxylation sites is 1. The molecule has 0 amide bonds. The Bertz CT molecular complexity index is 1850. The van der Waals surface area contributed by atoms with Crippen molar-refractivity contribution in [2.75, 3.05) is 6.61 Å². The van der Waals surface area contributed by atoms with E-state index in [1.54, 1.807) is 42.6 Å². The van der Waals surface area contributed by atoms with Crippen molar-refractivity contribution in [2.24, 2.45) is 5.10 Å². The highest BCUT2D eigenvalue weighted by molar-refractivity contribution is 6.31. The van der Waals surface area contributed by atoms with Crippen LogP contribution >= 0.6 is 11.6 Å². The summed E-state index contributed by atoms with van der Waals surface area (Å²) in [6, 6.07) is 26.2. The minimum Gasteiger partial charge on any atom is -0.493 e. The summed E-state index contributed by atoms with van der Waals surface area (Å²) in [5.41, 5.74) is 1.67. The zero-order chi connectivity index (χ0) is 24.6. The van der Waals surface area contributed by atoms with Crippen molar-refractivity contribution in [3.8, 4) is 17.3 Å². The molecule has 0 radical (unpaired) electrons. The smallest absolute Gasteiger partial charge is 0.282 e. The number of fused-ring (bicyclic) bond motifs is 3. The fourth-order valence-corrected chi connectivity index (χ4v) is 4.50. The van der Waals surface area contributed by atoms with Crippen molar-refractivity contribution in [3.05, 3.63) is 106 Å². The molecular weight excluding hydrogens is 474 g/mol. The molecule has 0 aliphatic carbocycles. The third-order valence-electron chi connectivity index (χ3n) is 5.99. The first-order chi connectivity index (χ1) is 17.6. The van der Waals surface area contributed by atoms with E-state index in [1.165, 1.54) is 4.68 Å². The zero-order valence-corrected chi connectivity index (χ0v) is 20.1. The molecule has 6 nitrogen and oxygen atoms in total. The van der Waals surface area contributed by atoms with Crippen molar-refractivity contribution in [2.45, 2.75) is 6.92 Å². The Balaban J connectivity index is 1.60. The first kappa shape index (κ1) is 22.1. The van der Waals surface area contributed by atoms with Crippen LogP contribution in [0.15, 0.2) is 99.2 Å².